The van der Waals surface area contributed by atoms with Gasteiger partial charge < -0.3 is 15.0 Å². The SMILES string of the molecule is COc1ccc(S(=O)(=O)N2CCCCC2)cc1NC(=O)[C@H]1CC(=O)N(Cc2ccccc2)C1. The molecule has 4 rings (SSSR count). The zero-order valence-electron chi connectivity index (χ0n) is 18.7. The van der Waals surface area contributed by atoms with Crippen LogP contribution in [0.4, 0.5) is 5.69 Å². The van der Waals surface area contributed by atoms with Crippen molar-refractivity contribution < 1.29 is 22.7 Å². The number of anilines is 1. The highest BCUT2D eigenvalue weighted by Gasteiger charge is 2.35. The molecule has 0 saturated carbocycles. The number of methoxy groups -OCH3 is 1. The molecule has 2 heterocycles. The molecule has 0 unspecified atom stereocenters. The van der Waals surface area contributed by atoms with Crippen LogP contribution >= 0.6 is 0 Å². The van der Waals surface area contributed by atoms with Crippen molar-refractivity contribution in [1.29, 1.82) is 0 Å². The minimum Gasteiger partial charge on any atom is -0.495 e. The van der Waals surface area contributed by atoms with Crippen LogP contribution in [0.2, 0.25) is 0 Å². The highest BCUT2D eigenvalue weighted by Crippen LogP contribution is 2.31. The molecule has 2 saturated heterocycles. The number of nitrogens with one attached hydrogen (secondary N) is 1. The Balaban J connectivity index is 1.48. The quantitative estimate of drug-likeness (QED) is 0.670. The lowest BCUT2D eigenvalue weighted by Gasteiger charge is -2.26. The molecule has 1 N–H and O–H groups in total. The van der Waals surface area contributed by atoms with Gasteiger partial charge in [0.1, 0.15) is 5.75 Å². The fourth-order valence-electron chi connectivity index (χ4n) is 4.34. The van der Waals surface area contributed by atoms with Crippen LogP contribution < -0.4 is 10.1 Å². The summed E-state index contributed by atoms with van der Waals surface area (Å²) in [6, 6.07) is 14.1. The predicted octanol–water partition coefficient (Wildman–Crippen LogP) is 2.86. The number of carbonyl (C=O) groups is 2. The third-order valence-corrected chi connectivity index (χ3v) is 8.08. The van der Waals surface area contributed by atoms with Crippen molar-refractivity contribution in [2.45, 2.75) is 37.1 Å². The average molecular weight is 472 g/mol. The summed E-state index contributed by atoms with van der Waals surface area (Å²) < 4.78 is 33.0. The number of piperidine rings is 1. The molecule has 2 aromatic rings. The molecule has 2 aliphatic rings. The van der Waals surface area contributed by atoms with E-state index < -0.39 is 15.9 Å². The van der Waals surface area contributed by atoms with E-state index in [-0.39, 0.29) is 28.8 Å². The van der Waals surface area contributed by atoms with Crippen molar-refractivity contribution in [3.63, 3.8) is 0 Å². The van der Waals surface area contributed by atoms with Gasteiger partial charge in [-0.25, -0.2) is 8.42 Å². The Morgan fingerprint density at radius 2 is 1.82 bits per heavy atom. The molecule has 2 aromatic carbocycles. The van der Waals surface area contributed by atoms with Gasteiger partial charge in [-0.15, -0.1) is 0 Å². The molecule has 2 aliphatic heterocycles. The van der Waals surface area contributed by atoms with Crippen molar-refractivity contribution in [3.05, 3.63) is 54.1 Å². The molecule has 0 aromatic heterocycles. The molecule has 0 spiro atoms. The molecule has 8 nitrogen and oxygen atoms in total. The first kappa shape index (κ1) is 23.3. The van der Waals surface area contributed by atoms with Crippen LogP contribution in [0.25, 0.3) is 0 Å². The maximum atomic E-state index is 13.1. The Morgan fingerprint density at radius 1 is 1.09 bits per heavy atom. The van der Waals surface area contributed by atoms with Gasteiger partial charge in [0.25, 0.3) is 0 Å². The number of hydrogen-bond donors (Lipinski definition) is 1. The van der Waals surface area contributed by atoms with Gasteiger partial charge in [-0.3, -0.25) is 9.59 Å². The van der Waals surface area contributed by atoms with E-state index >= 15 is 0 Å². The van der Waals surface area contributed by atoms with E-state index in [0.717, 1.165) is 24.8 Å². The van der Waals surface area contributed by atoms with Crippen LogP contribution in [-0.2, 0) is 26.2 Å². The van der Waals surface area contributed by atoms with Crippen molar-refractivity contribution in [3.8, 4) is 5.75 Å². The standard InChI is InChI=1S/C24H29N3O5S/c1-32-22-11-10-20(33(30,31)27-12-6-3-7-13-27)15-21(22)25-24(29)19-14-23(28)26(17-19)16-18-8-4-2-5-9-18/h2,4-5,8-11,15,19H,3,6-7,12-14,16-17H2,1H3,(H,25,29)/t19-/m0/s1. The molecule has 0 bridgehead atoms. The summed E-state index contributed by atoms with van der Waals surface area (Å²) >= 11 is 0. The Morgan fingerprint density at radius 3 is 2.52 bits per heavy atom. The van der Waals surface area contributed by atoms with Crippen LogP contribution in [0.15, 0.2) is 53.4 Å². The van der Waals surface area contributed by atoms with Gasteiger partial charge in [0, 0.05) is 32.6 Å². The second kappa shape index (κ2) is 9.93. The van der Waals surface area contributed by atoms with Gasteiger partial charge in [-0.2, -0.15) is 4.31 Å². The Bertz CT molecular complexity index is 1110. The Hall–Kier alpha value is -2.91. The van der Waals surface area contributed by atoms with Gasteiger partial charge in [0.15, 0.2) is 0 Å². The molecule has 0 radical (unpaired) electrons. The molecule has 33 heavy (non-hydrogen) atoms. The van der Waals surface area contributed by atoms with E-state index in [1.165, 1.54) is 23.5 Å². The third-order valence-electron chi connectivity index (χ3n) is 6.18. The lowest BCUT2D eigenvalue weighted by Crippen LogP contribution is -2.35. The minimum absolute atomic E-state index is 0.0765. The Kier molecular flexibility index (Phi) is 6.99. The highest BCUT2D eigenvalue weighted by atomic mass is 32.2. The van der Waals surface area contributed by atoms with Gasteiger partial charge >= 0.3 is 0 Å². The van der Waals surface area contributed by atoms with Crippen molar-refractivity contribution in [2.75, 3.05) is 32.1 Å². The van der Waals surface area contributed by atoms with Gasteiger partial charge in [-0.05, 0) is 36.6 Å². The second-order valence-corrected chi connectivity index (χ2v) is 10.4. The van der Waals surface area contributed by atoms with Crippen molar-refractivity contribution in [1.82, 2.24) is 9.21 Å². The van der Waals surface area contributed by atoms with Crippen LogP contribution in [0.1, 0.15) is 31.2 Å². The molecule has 176 valence electrons. The fraction of sp³-hybridized carbons (Fsp3) is 0.417. The molecule has 9 heteroatoms. The number of benzene rings is 2. The average Bonchev–Trinajstić information content (AvgIpc) is 3.20. The summed E-state index contributed by atoms with van der Waals surface area (Å²) in [4.78, 5) is 27.2. The molecule has 0 aliphatic carbocycles. The molecule has 1 atom stereocenters. The number of carbonyl (C=O) groups excluding carboxylic acids is 2. The van der Waals surface area contributed by atoms with Crippen LogP contribution in [0, 0.1) is 5.92 Å². The van der Waals surface area contributed by atoms with E-state index in [9.17, 15) is 18.0 Å². The zero-order chi connectivity index (χ0) is 23.4. The van der Waals surface area contributed by atoms with Crippen molar-refractivity contribution in [2.24, 2.45) is 5.92 Å². The van der Waals surface area contributed by atoms with E-state index in [0.29, 0.717) is 31.9 Å². The van der Waals surface area contributed by atoms with Gasteiger partial charge in [0.2, 0.25) is 21.8 Å². The summed E-state index contributed by atoms with van der Waals surface area (Å²) in [5.74, 6) is -0.559. The lowest BCUT2D eigenvalue weighted by molar-refractivity contribution is -0.128. The third kappa shape index (κ3) is 5.20. The zero-order valence-corrected chi connectivity index (χ0v) is 19.5. The van der Waals surface area contributed by atoms with Gasteiger partial charge in [-0.1, -0.05) is 36.8 Å². The first-order valence-corrected chi connectivity index (χ1v) is 12.6. The highest BCUT2D eigenvalue weighted by molar-refractivity contribution is 7.89. The lowest BCUT2D eigenvalue weighted by atomic mass is 10.1. The van der Waals surface area contributed by atoms with E-state index in [1.54, 1.807) is 11.0 Å². The predicted molar refractivity (Wildman–Crippen MR) is 124 cm³/mol. The molecule has 2 amide bonds. The number of ether oxygens (including phenoxy) is 1. The van der Waals surface area contributed by atoms with Gasteiger partial charge in [0.05, 0.1) is 23.6 Å². The fourth-order valence-corrected chi connectivity index (χ4v) is 5.88. The maximum Gasteiger partial charge on any atom is 0.243 e. The van der Waals surface area contributed by atoms with Crippen molar-refractivity contribution >= 4 is 27.5 Å². The Labute approximate surface area is 194 Å². The largest absolute Gasteiger partial charge is 0.495 e. The summed E-state index contributed by atoms with van der Waals surface area (Å²) in [6.07, 6.45) is 2.83. The number of hydrogen-bond acceptors (Lipinski definition) is 5. The van der Waals surface area contributed by atoms with Crippen LogP contribution in [0.3, 0.4) is 0 Å². The monoisotopic (exact) mass is 471 g/mol. The summed E-state index contributed by atoms with van der Waals surface area (Å²) in [6.45, 7) is 1.76. The summed E-state index contributed by atoms with van der Waals surface area (Å²) in [7, 11) is -2.19. The molecular formula is C24H29N3O5S. The summed E-state index contributed by atoms with van der Waals surface area (Å²) in [5, 5.41) is 2.80. The number of nitrogens with zero attached hydrogens (tertiary/aromatic N) is 2. The smallest absolute Gasteiger partial charge is 0.243 e. The minimum atomic E-state index is -3.65. The molecular weight excluding hydrogens is 442 g/mol. The van der Waals surface area contributed by atoms with E-state index in [4.69, 9.17) is 4.74 Å². The normalized spacial score (nSPS) is 19.5. The number of rotatable bonds is 7. The van der Waals surface area contributed by atoms with Crippen LogP contribution in [-0.4, -0.2) is 56.2 Å². The first-order valence-electron chi connectivity index (χ1n) is 11.2. The first-order chi connectivity index (χ1) is 15.9. The van der Waals surface area contributed by atoms with E-state index in [1.807, 2.05) is 30.3 Å². The molecule has 2 fully saturated rings. The van der Waals surface area contributed by atoms with Crippen LogP contribution in [0.5, 0.6) is 5.75 Å². The summed E-state index contributed by atoms with van der Waals surface area (Å²) in [5.41, 5.74) is 1.29. The number of sulfonamides is 1. The topological polar surface area (TPSA) is 96.0 Å². The number of amides is 2. The number of likely N-dealkylation sites (tertiary alicyclic amines) is 1. The maximum absolute atomic E-state index is 13.1. The second-order valence-electron chi connectivity index (χ2n) is 8.48. The van der Waals surface area contributed by atoms with E-state index in [2.05, 4.69) is 5.32 Å².